The molecule has 2 saturated heterocycles. The van der Waals surface area contributed by atoms with Gasteiger partial charge in [-0.15, -0.1) is 10.2 Å². The summed E-state index contributed by atoms with van der Waals surface area (Å²) < 4.78 is 20.3. The van der Waals surface area contributed by atoms with Gasteiger partial charge in [-0.25, -0.2) is 4.39 Å². The molecule has 1 aromatic heterocycles. The molecule has 2 N–H and O–H groups in total. The molecular weight excluding hydrogens is 395 g/mol. The number of fused-ring (bicyclic) bond motifs is 4. The largest absolute Gasteiger partial charge is 0.507 e. The number of hydrogen-bond donors (Lipinski definition) is 2. The molecule has 4 aliphatic rings. The zero-order valence-electron chi connectivity index (χ0n) is 17.9. The van der Waals surface area contributed by atoms with E-state index in [1.807, 2.05) is 24.1 Å². The molecule has 0 amide bonds. The van der Waals surface area contributed by atoms with E-state index in [0.717, 1.165) is 54.0 Å². The Hall–Kier alpha value is -2.25. The van der Waals surface area contributed by atoms with Crippen LogP contribution in [-0.2, 0) is 11.2 Å². The molecule has 1 aromatic carbocycles. The van der Waals surface area contributed by atoms with Crippen LogP contribution in [0.15, 0.2) is 18.2 Å². The number of anilines is 1. The average molecular weight is 425 g/mol. The third-order valence-electron chi connectivity index (χ3n) is 7.23. The highest BCUT2D eigenvalue weighted by Gasteiger charge is 2.39. The Bertz CT molecular complexity index is 1000. The van der Waals surface area contributed by atoms with Gasteiger partial charge in [-0.1, -0.05) is 6.07 Å². The second kappa shape index (κ2) is 7.41. The summed E-state index contributed by atoms with van der Waals surface area (Å²) in [5, 5.41) is 23.4. The van der Waals surface area contributed by atoms with Crippen molar-refractivity contribution in [2.75, 3.05) is 25.5 Å². The number of piperidine rings is 1. The van der Waals surface area contributed by atoms with Gasteiger partial charge in [-0.3, -0.25) is 0 Å². The summed E-state index contributed by atoms with van der Waals surface area (Å²) in [4.78, 5) is 2.02. The van der Waals surface area contributed by atoms with E-state index in [2.05, 4.69) is 21.6 Å². The van der Waals surface area contributed by atoms with E-state index >= 15 is 0 Å². The van der Waals surface area contributed by atoms with Crippen LogP contribution >= 0.6 is 0 Å². The van der Waals surface area contributed by atoms with Gasteiger partial charge >= 0.3 is 0 Å². The topological polar surface area (TPSA) is 70.5 Å². The van der Waals surface area contributed by atoms with Crippen molar-refractivity contribution in [1.82, 2.24) is 15.1 Å². The number of nitrogens with zero attached hydrogens (tertiary/aromatic N) is 3. The van der Waals surface area contributed by atoms with Gasteiger partial charge in [0.15, 0.2) is 5.82 Å². The lowest BCUT2D eigenvalue weighted by molar-refractivity contribution is 0.0325. The van der Waals surface area contributed by atoms with Gasteiger partial charge in [-0.2, -0.15) is 0 Å². The summed E-state index contributed by atoms with van der Waals surface area (Å²) in [6.45, 7) is 1.26. The fraction of sp³-hybridized carbons (Fsp3) is 0.583. The normalized spacial score (nSPS) is 30.3. The standard InChI is InChI=1S/C24H29FN4O2/c1-29-11-15(25)9-16(12-29)26-24-19-10-17-5-7-21(31-17)22(19)23(27-28-24)18-6-4-14(8-20(18)30)13-2-3-13/h4,6,8,13,15-17,21,30H,2-3,5,7,9-12H2,1H3,(H,26,28)/t15-,16-,17-,21+/m1/s1. The molecule has 6 rings (SSSR count). The van der Waals surface area contributed by atoms with Gasteiger partial charge in [0.25, 0.3) is 0 Å². The molecule has 164 valence electrons. The molecule has 0 unspecified atom stereocenters. The van der Waals surface area contributed by atoms with Crippen LogP contribution in [0, 0.1) is 0 Å². The molecule has 3 aliphatic heterocycles. The van der Waals surface area contributed by atoms with Crippen molar-refractivity contribution >= 4 is 5.82 Å². The van der Waals surface area contributed by atoms with Crippen LogP contribution in [-0.4, -0.2) is 58.7 Å². The van der Waals surface area contributed by atoms with Gasteiger partial charge < -0.3 is 20.1 Å². The highest BCUT2D eigenvalue weighted by Crippen LogP contribution is 2.48. The molecule has 1 aliphatic carbocycles. The van der Waals surface area contributed by atoms with Crippen LogP contribution < -0.4 is 5.32 Å². The van der Waals surface area contributed by atoms with Gasteiger partial charge in [0.1, 0.15) is 17.6 Å². The first kappa shape index (κ1) is 19.4. The van der Waals surface area contributed by atoms with Crippen molar-refractivity contribution < 1.29 is 14.2 Å². The molecule has 6 nitrogen and oxygen atoms in total. The maximum Gasteiger partial charge on any atom is 0.152 e. The Morgan fingerprint density at radius 2 is 2.03 bits per heavy atom. The number of likely N-dealkylation sites (tertiary alicyclic amines) is 1. The fourth-order valence-electron chi connectivity index (χ4n) is 5.61. The van der Waals surface area contributed by atoms with E-state index in [9.17, 15) is 9.50 Å². The first-order valence-corrected chi connectivity index (χ1v) is 11.5. The Kier molecular flexibility index (Phi) is 4.65. The van der Waals surface area contributed by atoms with Crippen LogP contribution in [0.5, 0.6) is 5.75 Å². The van der Waals surface area contributed by atoms with Crippen LogP contribution in [0.3, 0.4) is 0 Å². The maximum absolute atomic E-state index is 14.1. The second-order valence-electron chi connectivity index (χ2n) is 9.76. The van der Waals surface area contributed by atoms with Gasteiger partial charge in [0.2, 0.25) is 0 Å². The lowest BCUT2D eigenvalue weighted by atomic mass is 9.93. The predicted octanol–water partition coefficient (Wildman–Crippen LogP) is 3.96. The summed E-state index contributed by atoms with van der Waals surface area (Å²) in [5.41, 5.74) is 4.80. The third kappa shape index (κ3) is 3.57. The smallest absolute Gasteiger partial charge is 0.152 e. The Labute approximate surface area is 181 Å². The molecule has 4 atom stereocenters. The molecule has 1 saturated carbocycles. The van der Waals surface area contributed by atoms with E-state index in [4.69, 9.17) is 4.74 Å². The highest BCUT2D eigenvalue weighted by molar-refractivity contribution is 5.74. The molecule has 31 heavy (non-hydrogen) atoms. The summed E-state index contributed by atoms with van der Waals surface area (Å²) in [5.74, 6) is 1.59. The molecule has 2 aromatic rings. The zero-order chi connectivity index (χ0) is 21.1. The van der Waals surface area contributed by atoms with Crippen LogP contribution in [0.4, 0.5) is 10.2 Å². The molecule has 0 radical (unpaired) electrons. The number of ether oxygens (including phenoxy) is 1. The lowest BCUT2D eigenvalue weighted by Crippen LogP contribution is -2.45. The molecule has 3 fully saturated rings. The number of hydrogen-bond acceptors (Lipinski definition) is 6. The van der Waals surface area contributed by atoms with Gasteiger partial charge in [0, 0.05) is 48.7 Å². The van der Waals surface area contributed by atoms with Crippen molar-refractivity contribution in [2.24, 2.45) is 0 Å². The van der Waals surface area contributed by atoms with Crippen molar-refractivity contribution in [3.63, 3.8) is 0 Å². The molecular formula is C24H29FN4O2. The summed E-state index contributed by atoms with van der Waals surface area (Å²) in [6.07, 6.45) is 4.96. The van der Waals surface area contributed by atoms with E-state index in [1.54, 1.807) is 0 Å². The number of benzene rings is 1. The first-order chi connectivity index (χ1) is 15.0. The monoisotopic (exact) mass is 424 g/mol. The fourth-order valence-corrected chi connectivity index (χ4v) is 5.61. The van der Waals surface area contributed by atoms with Crippen molar-refractivity contribution in [3.05, 3.63) is 34.9 Å². The van der Waals surface area contributed by atoms with E-state index < -0.39 is 6.17 Å². The third-order valence-corrected chi connectivity index (χ3v) is 7.23. The number of likely N-dealkylation sites (N-methyl/N-ethyl adjacent to an activating group) is 1. The second-order valence-corrected chi connectivity index (χ2v) is 9.76. The molecule has 2 bridgehead atoms. The number of aromatic hydroxyl groups is 1. The van der Waals surface area contributed by atoms with Crippen molar-refractivity contribution in [3.8, 4) is 17.0 Å². The lowest BCUT2D eigenvalue weighted by Gasteiger charge is -2.34. The molecule has 0 spiro atoms. The summed E-state index contributed by atoms with van der Waals surface area (Å²) in [7, 11) is 1.95. The minimum absolute atomic E-state index is 0.00438. The van der Waals surface area contributed by atoms with Gasteiger partial charge in [0.05, 0.1) is 12.2 Å². The average Bonchev–Trinajstić information content (AvgIpc) is 3.51. The minimum Gasteiger partial charge on any atom is -0.507 e. The first-order valence-electron chi connectivity index (χ1n) is 11.5. The zero-order valence-corrected chi connectivity index (χ0v) is 17.9. The quantitative estimate of drug-likeness (QED) is 0.774. The molecule has 4 heterocycles. The Morgan fingerprint density at radius 3 is 2.81 bits per heavy atom. The number of rotatable bonds is 4. The number of phenols is 1. The Morgan fingerprint density at radius 1 is 1.16 bits per heavy atom. The van der Waals surface area contributed by atoms with Gasteiger partial charge in [-0.05, 0) is 56.3 Å². The predicted molar refractivity (Wildman–Crippen MR) is 116 cm³/mol. The summed E-state index contributed by atoms with van der Waals surface area (Å²) in [6, 6.07) is 5.97. The maximum atomic E-state index is 14.1. The molecule has 7 heteroatoms. The highest BCUT2D eigenvalue weighted by atomic mass is 19.1. The number of phenolic OH excluding ortho intramolecular Hbond substituents is 1. The summed E-state index contributed by atoms with van der Waals surface area (Å²) >= 11 is 0. The van der Waals surface area contributed by atoms with Crippen molar-refractivity contribution in [2.45, 2.75) is 68.9 Å². The number of nitrogens with one attached hydrogen (secondary N) is 1. The SMILES string of the molecule is CN1C[C@H](F)C[C@@H](Nc2nnc(-c3ccc(C4CC4)cc3O)c3c2C[C@H]2CC[C@@H]3O2)C1. The Balaban J connectivity index is 1.39. The number of alkyl halides is 1. The number of halogens is 1. The van der Waals surface area contributed by atoms with E-state index in [1.165, 1.54) is 18.4 Å². The minimum atomic E-state index is -0.833. The van der Waals surface area contributed by atoms with Crippen LogP contribution in [0.1, 0.15) is 60.8 Å². The van der Waals surface area contributed by atoms with E-state index in [-0.39, 0.29) is 24.0 Å². The van der Waals surface area contributed by atoms with E-state index in [0.29, 0.717) is 18.9 Å². The van der Waals surface area contributed by atoms with Crippen molar-refractivity contribution in [1.29, 1.82) is 0 Å². The number of aromatic nitrogens is 2. The van der Waals surface area contributed by atoms with Crippen LogP contribution in [0.25, 0.3) is 11.3 Å². The van der Waals surface area contributed by atoms with Crippen LogP contribution in [0.2, 0.25) is 0 Å².